The van der Waals surface area contributed by atoms with Crippen LogP contribution in [0.4, 0.5) is 13.2 Å². The van der Waals surface area contributed by atoms with Gasteiger partial charge in [-0.3, -0.25) is 0 Å². The summed E-state index contributed by atoms with van der Waals surface area (Å²) < 4.78 is 50.1. The third-order valence-corrected chi connectivity index (χ3v) is 5.32. The molecule has 6 heteroatoms. The van der Waals surface area contributed by atoms with Crippen molar-refractivity contribution in [2.75, 3.05) is 6.61 Å². The number of carbonyl (C=O) groups excluding carboxylic acids is 1. The van der Waals surface area contributed by atoms with Gasteiger partial charge >= 0.3 is 12.1 Å². The predicted molar refractivity (Wildman–Crippen MR) is 111 cm³/mol. The van der Waals surface area contributed by atoms with E-state index < -0.39 is 11.7 Å². The molecule has 1 aliphatic rings. The molecule has 1 unspecified atom stereocenters. The van der Waals surface area contributed by atoms with Crippen molar-refractivity contribution in [3.05, 3.63) is 89.0 Å². The largest absolute Gasteiger partial charge is 0.486 e. The van der Waals surface area contributed by atoms with E-state index in [4.69, 9.17) is 9.47 Å². The number of benzene rings is 3. The van der Waals surface area contributed by atoms with Crippen LogP contribution in [0.25, 0.3) is 11.1 Å². The smallest absolute Gasteiger partial charge is 0.416 e. The molecule has 31 heavy (non-hydrogen) atoms. The first-order valence-electron chi connectivity index (χ1n) is 10.1. The quantitative estimate of drug-likeness (QED) is 0.431. The minimum Gasteiger partial charge on any atom is -0.486 e. The van der Waals surface area contributed by atoms with Crippen LogP contribution >= 0.6 is 0 Å². The lowest BCUT2D eigenvalue weighted by molar-refractivity contribution is -0.137. The molecule has 0 amide bonds. The van der Waals surface area contributed by atoms with Crippen LogP contribution in [0.1, 0.15) is 46.5 Å². The molecule has 4 rings (SSSR count). The number of hydrogen-bond donors (Lipinski definition) is 0. The maximum Gasteiger partial charge on any atom is 0.416 e. The average molecular weight is 426 g/mol. The molecule has 3 nitrogen and oxygen atoms in total. The second-order valence-corrected chi connectivity index (χ2v) is 7.39. The Morgan fingerprint density at radius 1 is 1.00 bits per heavy atom. The molecule has 0 fully saturated rings. The summed E-state index contributed by atoms with van der Waals surface area (Å²) in [5.41, 5.74) is 3.57. The monoisotopic (exact) mass is 426 g/mol. The van der Waals surface area contributed by atoms with E-state index in [-0.39, 0.29) is 17.8 Å². The molecule has 1 aliphatic carbocycles. The zero-order chi connectivity index (χ0) is 22.0. The Hall–Kier alpha value is -3.28. The molecular weight excluding hydrogens is 405 g/mol. The third-order valence-electron chi connectivity index (χ3n) is 5.32. The van der Waals surface area contributed by atoms with Crippen LogP contribution in [-0.4, -0.2) is 12.6 Å². The lowest BCUT2D eigenvalue weighted by atomic mass is 9.98. The number of carbonyl (C=O) groups is 1. The molecular formula is C25H21F3O3. The number of esters is 1. The lowest BCUT2D eigenvalue weighted by Gasteiger charge is -2.17. The van der Waals surface area contributed by atoms with Crippen molar-refractivity contribution in [2.45, 2.75) is 32.0 Å². The van der Waals surface area contributed by atoms with Gasteiger partial charge in [0.1, 0.15) is 11.9 Å². The van der Waals surface area contributed by atoms with Crippen molar-refractivity contribution in [1.29, 1.82) is 0 Å². The normalized spacial score (nSPS) is 15.4. The van der Waals surface area contributed by atoms with Crippen molar-refractivity contribution in [2.24, 2.45) is 0 Å². The number of rotatable bonds is 5. The highest BCUT2D eigenvalue weighted by Crippen LogP contribution is 2.39. The predicted octanol–water partition coefficient (Wildman–Crippen LogP) is 6.62. The van der Waals surface area contributed by atoms with Crippen molar-refractivity contribution >= 4 is 5.97 Å². The molecule has 0 bridgehead atoms. The van der Waals surface area contributed by atoms with Gasteiger partial charge in [-0.05, 0) is 78.4 Å². The van der Waals surface area contributed by atoms with Crippen molar-refractivity contribution in [1.82, 2.24) is 0 Å². The standard InChI is InChI=1S/C25H21F3O3/c1-2-30-24(29)19-6-3-5-17(13-19)18-10-9-16-11-12-23(22(16)14-18)31-21-8-4-7-20(15-21)25(26,27)28/h3-10,13-15,23H,2,11-12H2,1H3. The Balaban J connectivity index is 1.60. The van der Waals surface area contributed by atoms with Gasteiger partial charge in [0.25, 0.3) is 0 Å². The molecule has 0 saturated carbocycles. The second-order valence-electron chi connectivity index (χ2n) is 7.39. The molecule has 0 spiro atoms. The van der Waals surface area contributed by atoms with Crippen LogP contribution in [0.5, 0.6) is 5.75 Å². The number of hydrogen-bond acceptors (Lipinski definition) is 3. The topological polar surface area (TPSA) is 35.5 Å². The van der Waals surface area contributed by atoms with E-state index in [1.807, 2.05) is 24.3 Å². The highest BCUT2D eigenvalue weighted by Gasteiger charge is 2.31. The fourth-order valence-electron chi connectivity index (χ4n) is 3.82. The highest BCUT2D eigenvalue weighted by molar-refractivity contribution is 5.91. The molecule has 0 radical (unpaired) electrons. The van der Waals surface area contributed by atoms with Crippen LogP contribution in [-0.2, 0) is 17.3 Å². The Bertz CT molecular complexity index is 1110. The van der Waals surface area contributed by atoms with Gasteiger partial charge < -0.3 is 9.47 Å². The van der Waals surface area contributed by atoms with E-state index in [1.165, 1.54) is 6.07 Å². The Kier molecular flexibility index (Phi) is 5.72. The Morgan fingerprint density at radius 3 is 2.55 bits per heavy atom. The first-order chi connectivity index (χ1) is 14.8. The van der Waals surface area contributed by atoms with Gasteiger partial charge in [0.2, 0.25) is 0 Å². The number of ether oxygens (including phenoxy) is 2. The number of halogens is 3. The SMILES string of the molecule is CCOC(=O)c1cccc(-c2ccc3c(c2)C(Oc2cccc(C(F)(F)F)c2)CC3)c1. The molecule has 0 saturated heterocycles. The maximum absolute atomic E-state index is 13.0. The molecule has 3 aromatic carbocycles. The molecule has 0 heterocycles. The molecule has 3 aromatic rings. The summed E-state index contributed by atoms with van der Waals surface area (Å²) in [6.07, 6.45) is -3.25. The summed E-state index contributed by atoms with van der Waals surface area (Å²) in [7, 11) is 0. The van der Waals surface area contributed by atoms with Gasteiger partial charge in [-0.2, -0.15) is 13.2 Å². The van der Waals surface area contributed by atoms with Gasteiger partial charge in [-0.15, -0.1) is 0 Å². The van der Waals surface area contributed by atoms with Gasteiger partial charge in [-0.25, -0.2) is 4.79 Å². The highest BCUT2D eigenvalue weighted by atomic mass is 19.4. The molecule has 0 N–H and O–H groups in total. The summed E-state index contributed by atoms with van der Waals surface area (Å²) in [6, 6.07) is 18.1. The number of fused-ring (bicyclic) bond motifs is 1. The molecule has 160 valence electrons. The summed E-state index contributed by atoms with van der Waals surface area (Å²) in [6.45, 7) is 2.06. The van der Waals surface area contributed by atoms with Crippen LogP contribution in [0, 0.1) is 0 Å². The third kappa shape index (κ3) is 4.58. The zero-order valence-electron chi connectivity index (χ0n) is 16.9. The summed E-state index contributed by atoms with van der Waals surface area (Å²) in [5, 5.41) is 0. The second kappa shape index (κ2) is 8.46. The Labute approximate surface area is 178 Å². The van der Waals surface area contributed by atoms with Crippen molar-refractivity contribution in [3.8, 4) is 16.9 Å². The fraction of sp³-hybridized carbons (Fsp3) is 0.240. The van der Waals surface area contributed by atoms with E-state index in [2.05, 4.69) is 0 Å². The molecule has 1 atom stereocenters. The first-order valence-corrected chi connectivity index (χ1v) is 10.1. The summed E-state index contributed by atoms with van der Waals surface area (Å²) >= 11 is 0. The molecule has 0 aromatic heterocycles. The van der Waals surface area contributed by atoms with Gasteiger partial charge in [0.15, 0.2) is 0 Å². The van der Waals surface area contributed by atoms with Crippen molar-refractivity contribution in [3.63, 3.8) is 0 Å². The van der Waals surface area contributed by atoms with Crippen LogP contribution in [0.2, 0.25) is 0 Å². The van der Waals surface area contributed by atoms with Gasteiger partial charge in [0, 0.05) is 0 Å². The summed E-state index contributed by atoms with van der Waals surface area (Å²) in [5.74, 6) is -0.182. The zero-order valence-corrected chi connectivity index (χ0v) is 16.9. The van der Waals surface area contributed by atoms with Crippen LogP contribution in [0.3, 0.4) is 0 Å². The summed E-state index contributed by atoms with van der Waals surface area (Å²) in [4.78, 5) is 12.0. The lowest BCUT2D eigenvalue weighted by Crippen LogP contribution is -2.07. The Morgan fingerprint density at radius 2 is 1.77 bits per heavy atom. The van der Waals surface area contributed by atoms with Crippen LogP contribution in [0.15, 0.2) is 66.7 Å². The van der Waals surface area contributed by atoms with E-state index in [0.29, 0.717) is 18.6 Å². The van der Waals surface area contributed by atoms with Gasteiger partial charge in [-0.1, -0.05) is 30.3 Å². The van der Waals surface area contributed by atoms with E-state index in [0.717, 1.165) is 40.8 Å². The number of alkyl halides is 3. The van der Waals surface area contributed by atoms with E-state index >= 15 is 0 Å². The van der Waals surface area contributed by atoms with E-state index in [1.54, 1.807) is 31.2 Å². The first kappa shape index (κ1) is 21.0. The van der Waals surface area contributed by atoms with Gasteiger partial charge in [0.05, 0.1) is 17.7 Å². The van der Waals surface area contributed by atoms with Crippen molar-refractivity contribution < 1.29 is 27.4 Å². The van der Waals surface area contributed by atoms with Crippen LogP contribution < -0.4 is 4.74 Å². The maximum atomic E-state index is 13.0. The van der Waals surface area contributed by atoms with E-state index in [9.17, 15) is 18.0 Å². The fourth-order valence-corrected chi connectivity index (χ4v) is 3.82. The average Bonchev–Trinajstić information content (AvgIpc) is 3.15. The number of aryl methyl sites for hydroxylation is 1. The molecule has 0 aliphatic heterocycles. The minimum absolute atomic E-state index is 0.197. The minimum atomic E-state index is -4.41.